The first-order chi connectivity index (χ1) is 14.8. The van der Waals surface area contributed by atoms with Gasteiger partial charge in [-0.05, 0) is 16.9 Å². The molecule has 1 aliphatic rings. The minimum atomic E-state index is -4.79. The maximum atomic E-state index is 14.9. The topological polar surface area (TPSA) is 26.3 Å². The highest BCUT2D eigenvalue weighted by atomic mass is 35.5. The third-order valence-electron chi connectivity index (χ3n) is 5.54. The first-order valence-corrected chi connectivity index (χ1v) is 9.67. The molecule has 0 radical (unpaired) electrons. The molecule has 2 aromatic carbocycles. The fourth-order valence-corrected chi connectivity index (χ4v) is 3.73. The Morgan fingerprint density at radius 3 is 2.19 bits per heavy atom. The molecule has 172 valence electrons. The molecule has 2 atom stereocenters. The lowest BCUT2D eigenvalue weighted by Crippen LogP contribution is -2.14. The maximum Gasteiger partial charge on any atom is 0.426 e. The number of halogens is 8. The highest BCUT2D eigenvalue weighted by Gasteiger charge is 2.62. The van der Waals surface area contributed by atoms with Gasteiger partial charge >= 0.3 is 12.1 Å². The molecule has 0 spiro atoms. The lowest BCUT2D eigenvalue weighted by Gasteiger charge is -2.13. The van der Waals surface area contributed by atoms with Crippen molar-refractivity contribution in [2.45, 2.75) is 26.6 Å². The van der Waals surface area contributed by atoms with E-state index in [4.69, 9.17) is 16.3 Å². The molecule has 0 aliphatic heterocycles. The first-order valence-electron chi connectivity index (χ1n) is 9.29. The predicted molar refractivity (Wildman–Crippen MR) is 102 cm³/mol. The number of rotatable bonds is 5. The quantitative estimate of drug-likeness (QED) is 0.201. The Hall–Kier alpha value is -2.55. The van der Waals surface area contributed by atoms with Crippen LogP contribution in [-0.2, 0) is 16.1 Å². The van der Waals surface area contributed by atoms with E-state index < -0.39 is 75.4 Å². The van der Waals surface area contributed by atoms with Crippen molar-refractivity contribution in [2.24, 2.45) is 17.3 Å². The van der Waals surface area contributed by atoms with E-state index in [9.17, 15) is 35.5 Å². The molecule has 1 saturated carbocycles. The second-order valence-electron chi connectivity index (χ2n) is 7.92. The van der Waals surface area contributed by atoms with Gasteiger partial charge < -0.3 is 4.74 Å². The van der Waals surface area contributed by atoms with Crippen LogP contribution in [0.25, 0.3) is 11.1 Å². The summed E-state index contributed by atoms with van der Waals surface area (Å²) in [6, 6.07) is 6.98. The summed E-state index contributed by atoms with van der Waals surface area (Å²) >= 11 is 5.22. The van der Waals surface area contributed by atoms with Crippen molar-refractivity contribution >= 4 is 17.6 Å². The van der Waals surface area contributed by atoms with Crippen molar-refractivity contribution in [3.05, 3.63) is 70.3 Å². The fourth-order valence-electron chi connectivity index (χ4n) is 3.59. The smallest absolute Gasteiger partial charge is 0.426 e. The molecule has 0 amide bonds. The van der Waals surface area contributed by atoms with E-state index in [0.717, 1.165) is 0 Å². The summed E-state index contributed by atoms with van der Waals surface area (Å²) in [5.41, 5.74) is -2.87. The third kappa shape index (κ3) is 4.35. The van der Waals surface area contributed by atoms with E-state index in [1.54, 1.807) is 6.07 Å². The van der Waals surface area contributed by atoms with Crippen molar-refractivity contribution in [3.8, 4) is 11.1 Å². The number of ether oxygens (including phenoxy) is 1. The van der Waals surface area contributed by atoms with Gasteiger partial charge in [0.15, 0.2) is 17.5 Å². The van der Waals surface area contributed by atoms with Crippen LogP contribution in [0, 0.1) is 40.5 Å². The number of hydrogen-bond donors (Lipinski definition) is 0. The van der Waals surface area contributed by atoms with Crippen molar-refractivity contribution in [1.82, 2.24) is 0 Å². The summed E-state index contributed by atoms with van der Waals surface area (Å²) in [5.74, 6) is -10.0. The van der Waals surface area contributed by atoms with Gasteiger partial charge in [0.25, 0.3) is 0 Å². The molecule has 2 unspecified atom stereocenters. The average molecular weight is 481 g/mol. The molecule has 0 aromatic heterocycles. The molecule has 0 bridgehead atoms. The zero-order chi connectivity index (χ0) is 24.0. The Morgan fingerprint density at radius 1 is 1.03 bits per heavy atom. The van der Waals surface area contributed by atoms with Crippen LogP contribution in [0.5, 0.6) is 0 Å². The van der Waals surface area contributed by atoms with Gasteiger partial charge in [-0.2, -0.15) is 13.2 Å². The molecule has 2 aromatic rings. The number of carbonyl (C=O) groups is 1. The number of carbonyl (C=O) groups excluding carboxylic acids is 1. The molecule has 0 saturated heterocycles. The van der Waals surface area contributed by atoms with Crippen molar-refractivity contribution < 1.29 is 40.3 Å². The van der Waals surface area contributed by atoms with E-state index >= 15 is 0 Å². The normalized spacial score (nSPS) is 20.2. The van der Waals surface area contributed by atoms with E-state index in [1.807, 2.05) is 0 Å². The molecule has 2 nitrogen and oxygen atoms in total. The van der Waals surface area contributed by atoms with E-state index in [1.165, 1.54) is 38.1 Å². The summed E-state index contributed by atoms with van der Waals surface area (Å²) in [7, 11) is 0. The van der Waals surface area contributed by atoms with Gasteiger partial charge in [-0.25, -0.2) is 17.6 Å². The average Bonchev–Trinajstić information content (AvgIpc) is 3.26. The summed E-state index contributed by atoms with van der Waals surface area (Å²) in [6.45, 7) is 1.91. The number of hydrogen-bond acceptors (Lipinski definition) is 2. The minimum absolute atomic E-state index is 0.0655. The van der Waals surface area contributed by atoms with E-state index in [-0.39, 0.29) is 5.56 Å². The third-order valence-corrected chi connectivity index (χ3v) is 5.88. The molecule has 1 aliphatic carbocycles. The van der Waals surface area contributed by atoms with E-state index in [0.29, 0.717) is 6.08 Å². The van der Waals surface area contributed by atoms with Crippen LogP contribution in [0.3, 0.4) is 0 Å². The fraction of sp³-hybridized carbons (Fsp3) is 0.318. The van der Waals surface area contributed by atoms with Gasteiger partial charge in [-0.15, -0.1) is 0 Å². The number of benzene rings is 2. The largest absolute Gasteiger partial charge is 0.460 e. The van der Waals surface area contributed by atoms with Crippen LogP contribution in [0.2, 0.25) is 0 Å². The van der Waals surface area contributed by atoms with Crippen molar-refractivity contribution in [1.29, 1.82) is 0 Å². The minimum Gasteiger partial charge on any atom is -0.460 e. The number of alkyl halides is 3. The highest BCUT2D eigenvalue weighted by Crippen LogP contribution is 2.60. The maximum absolute atomic E-state index is 14.9. The van der Waals surface area contributed by atoms with Crippen LogP contribution >= 0.6 is 11.6 Å². The Bertz CT molecular complexity index is 1080. The second kappa shape index (κ2) is 8.42. The van der Waals surface area contributed by atoms with Crippen molar-refractivity contribution in [3.63, 3.8) is 0 Å². The molecule has 32 heavy (non-hydrogen) atoms. The zero-order valence-corrected chi connectivity index (χ0v) is 17.4. The zero-order valence-electron chi connectivity index (χ0n) is 16.7. The Balaban J connectivity index is 1.85. The predicted octanol–water partition coefficient (Wildman–Crippen LogP) is 6.91. The van der Waals surface area contributed by atoms with Crippen LogP contribution < -0.4 is 0 Å². The van der Waals surface area contributed by atoms with Crippen LogP contribution in [0.4, 0.5) is 30.7 Å². The molecule has 1 fully saturated rings. The van der Waals surface area contributed by atoms with Gasteiger partial charge in [0, 0.05) is 0 Å². The SMILES string of the molecule is CC1(C)C(/C=C(\Cl)C(F)(F)F)C1C(=O)OCc1c(F)c(F)c(F)c(-c2ccccc2)c1F. The molecule has 0 heterocycles. The Morgan fingerprint density at radius 2 is 1.62 bits per heavy atom. The van der Waals surface area contributed by atoms with Gasteiger partial charge in [0.05, 0.1) is 17.0 Å². The first kappa shape index (κ1) is 24.1. The number of esters is 1. The Kier molecular flexibility index (Phi) is 6.34. The molecular formula is C22H16ClF7O2. The molecule has 0 N–H and O–H groups in total. The molecule has 10 heteroatoms. The lowest BCUT2D eigenvalue weighted by molar-refractivity contribution is -0.147. The summed E-state index contributed by atoms with van der Waals surface area (Å²) in [4.78, 5) is 12.4. The summed E-state index contributed by atoms with van der Waals surface area (Å²) < 4.78 is 100. The summed E-state index contributed by atoms with van der Waals surface area (Å²) in [5, 5.41) is -1.41. The van der Waals surface area contributed by atoms with Crippen LogP contribution in [0.15, 0.2) is 41.4 Å². The van der Waals surface area contributed by atoms with Crippen molar-refractivity contribution in [2.75, 3.05) is 0 Å². The van der Waals surface area contributed by atoms with E-state index in [2.05, 4.69) is 0 Å². The van der Waals surface area contributed by atoms with Crippen LogP contribution in [0.1, 0.15) is 19.4 Å². The van der Waals surface area contributed by atoms with Gasteiger partial charge in [0.1, 0.15) is 17.5 Å². The second-order valence-corrected chi connectivity index (χ2v) is 8.33. The molecular weight excluding hydrogens is 465 g/mol. The number of allylic oxidation sites excluding steroid dienone is 2. The standard InChI is InChI=1S/C22H16ClF7O2/c1-21(2)12(8-13(23)22(28,29)30)15(21)20(31)32-9-11-16(24)14(10-6-4-3-5-7-10)18(26)19(27)17(11)25/h3-8,12,15H,9H2,1-2H3/b13-8-. The van der Waals surface area contributed by atoms with Crippen LogP contribution in [-0.4, -0.2) is 12.1 Å². The van der Waals surface area contributed by atoms with Gasteiger partial charge in [0.2, 0.25) is 0 Å². The lowest BCUT2D eigenvalue weighted by atomic mass is 10.0. The molecule has 3 rings (SSSR count). The van der Waals surface area contributed by atoms with Gasteiger partial charge in [-0.3, -0.25) is 4.79 Å². The monoisotopic (exact) mass is 480 g/mol. The summed E-state index contributed by atoms with van der Waals surface area (Å²) in [6.07, 6.45) is -4.11. The highest BCUT2D eigenvalue weighted by molar-refractivity contribution is 6.30. The van der Waals surface area contributed by atoms with Gasteiger partial charge in [-0.1, -0.05) is 61.9 Å². The Labute approximate surface area is 183 Å².